The van der Waals surface area contributed by atoms with E-state index < -0.39 is 25.4 Å². The molecule has 0 aliphatic heterocycles. The highest BCUT2D eigenvalue weighted by Crippen LogP contribution is 2.66. The third-order valence-corrected chi connectivity index (χ3v) is 12.0. The average molecular weight is 653 g/mol. The van der Waals surface area contributed by atoms with Gasteiger partial charge >= 0.3 is 8.60 Å². The van der Waals surface area contributed by atoms with Gasteiger partial charge in [-0.15, -0.1) is 0 Å². The Bertz CT molecular complexity index is 1100. The minimum atomic E-state index is -1.94. The van der Waals surface area contributed by atoms with Crippen LogP contribution in [0.5, 0.6) is 0 Å². The molecule has 0 radical (unpaired) electrons. The van der Waals surface area contributed by atoms with Crippen LogP contribution in [0.25, 0.3) is 0 Å². The molecule has 3 nitrogen and oxygen atoms in total. The molecule has 0 spiro atoms. The van der Waals surface area contributed by atoms with Crippen molar-refractivity contribution >= 4 is 8.60 Å². The van der Waals surface area contributed by atoms with Crippen LogP contribution in [-0.2, 0) is 13.6 Å². The van der Waals surface area contributed by atoms with Gasteiger partial charge in [-0.2, -0.15) is 0 Å². The van der Waals surface area contributed by atoms with Gasteiger partial charge in [0.1, 0.15) is 16.8 Å². The van der Waals surface area contributed by atoms with E-state index in [1.54, 1.807) is 0 Å². The summed E-state index contributed by atoms with van der Waals surface area (Å²) in [6, 6.07) is 0. The largest absolute Gasteiger partial charge is 0.335 e. The van der Waals surface area contributed by atoms with Crippen molar-refractivity contribution in [1.82, 2.24) is 0 Å². The maximum Gasteiger partial charge on any atom is 0.335 e. The van der Waals surface area contributed by atoms with Gasteiger partial charge in [-0.25, -0.2) is 0 Å². The lowest BCUT2D eigenvalue weighted by molar-refractivity contribution is -0.136. The summed E-state index contributed by atoms with van der Waals surface area (Å²) >= 11 is 0. The summed E-state index contributed by atoms with van der Waals surface area (Å²) in [4.78, 5) is 0. The smallest absolute Gasteiger partial charge is 0.300 e. The van der Waals surface area contributed by atoms with Crippen molar-refractivity contribution in [3.8, 4) is 0 Å². The Morgan fingerprint density at radius 3 is 0.761 bits per heavy atom. The molecule has 0 N–H and O–H groups in total. The van der Waals surface area contributed by atoms with E-state index >= 15 is 0 Å². The highest BCUT2D eigenvalue weighted by Gasteiger charge is 2.60. The van der Waals surface area contributed by atoms with Crippen molar-refractivity contribution in [2.75, 3.05) is 0 Å². The summed E-state index contributed by atoms with van der Waals surface area (Å²) in [6.45, 7) is 41.5. The SMILES string of the molecule is CC(C)(C)C1C=CC=CC1(OP(OC1(C(C)(C)C)C=CC=CC1C(C)(C)C)OC1(C(C)(C)C)C=CC=CC1C(C)(C)C)C(C)(C)C. The Morgan fingerprint density at radius 1 is 0.370 bits per heavy atom. The van der Waals surface area contributed by atoms with Gasteiger partial charge in [0, 0.05) is 17.8 Å². The lowest BCUT2D eigenvalue weighted by Crippen LogP contribution is -2.57. The first-order valence-corrected chi connectivity index (χ1v) is 18.6. The van der Waals surface area contributed by atoms with Gasteiger partial charge in [-0.3, -0.25) is 0 Å². The number of hydrogen-bond acceptors (Lipinski definition) is 3. The summed E-state index contributed by atoms with van der Waals surface area (Å²) in [5.41, 5.74) is -3.03. The monoisotopic (exact) mass is 652 g/mol. The molecule has 0 saturated heterocycles. The molecule has 6 atom stereocenters. The topological polar surface area (TPSA) is 27.7 Å². The molecule has 6 unspecified atom stereocenters. The van der Waals surface area contributed by atoms with Crippen molar-refractivity contribution < 1.29 is 13.6 Å². The average Bonchev–Trinajstić information content (AvgIpc) is 2.85. The van der Waals surface area contributed by atoms with E-state index in [2.05, 4.69) is 198 Å². The first-order chi connectivity index (χ1) is 20.6. The minimum absolute atomic E-state index is 0.0676. The van der Waals surface area contributed by atoms with Crippen LogP contribution in [0.4, 0.5) is 0 Å². The van der Waals surface area contributed by atoms with Crippen LogP contribution in [0.1, 0.15) is 125 Å². The Kier molecular flexibility index (Phi) is 10.7. The minimum Gasteiger partial charge on any atom is -0.300 e. The highest BCUT2D eigenvalue weighted by atomic mass is 31.2. The first kappa shape index (κ1) is 39.2. The van der Waals surface area contributed by atoms with Crippen molar-refractivity contribution in [1.29, 1.82) is 0 Å². The van der Waals surface area contributed by atoms with Crippen LogP contribution < -0.4 is 0 Å². The third-order valence-electron chi connectivity index (χ3n) is 10.7. The second-order valence-corrected chi connectivity index (χ2v) is 21.4. The summed E-state index contributed by atoms with van der Waals surface area (Å²) in [7, 11) is -1.94. The molecule has 0 aromatic rings. The first-order valence-electron chi connectivity index (χ1n) is 17.5. The predicted molar refractivity (Wildman–Crippen MR) is 200 cm³/mol. The van der Waals surface area contributed by atoms with Gasteiger partial charge in [-0.05, 0) is 32.5 Å². The van der Waals surface area contributed by atoms with Gasteiger partial charge in [0.05, 0.1) is 0 Å². The molecule has 3 rings (SSSR count). The van der Waals surface area contributed by atoms with Crippen molar-refractivity contribution in [2.24, 2.45) is 50.2 Å². The number of allylic oxidation sites excluding steroid dienone is 6. The van der Waals surface area contributed by atoms with E-state index in [9.17, 15) is 0 Å². The molecule has 0 amide bonds. The lowest BCUT2D eigenvalue weighted by atomic mass is 9.60. The Morgan fingerprint density at radius 2 is 0.587 bits per heavy atom. The number of rotatable bonds is 6. The van der Waals surface area contributed by atoms with E-state index in [1.807, 2.05) is 0 Å². The zero-order valence-corrected chi connectivity index (χ0v) is 33.7. The quantitative estimate of drug-likeness (QED) is 0.267. The second-order valence-electron chi connectivity index (χ2n) is 20.4. The Hall–Kier alpha value is -1.25. The second kappa shape index (κ2) is 12.6. The molecule has 46 heavy (non-hydrogen) atoms. The van der Waals surface area contributed by atoms with Crippen molar-refractivity contribution in [3.05, 3.63) is 72.9 Å². The molecule has 0 bridgehead atoms. The van der Waals surface area contributed by atoms with Crippen LogP contribution in [0, 0.1) is 50.2 Å². The fraction of sp³-hybridized carbons (Fsp3) is 0.714. The molecule has 0 aromatic heterocycles. The zero-order chi connectivity index (χ0) is 35.4. The number of hydrogen-bond donors (Lipinski definition) is 0. The van der Waals surface area contributed by atoms with Crippen LogP contribution >= 0.6 is 8.60 Å². The molecule has 0 aromatic carbocycles. The molecular weight excluding hydrogens is 583 g/mol. The summed E-state index contributed by atoms with van der Waals surface area (Å²) in [6.07, 6.45) is 26.9. The fourth-order valence-corrected chi connectivity index (χ4v) is 10.1. The van der Waals surface area contributed by atoms with E-state index in [0.29, 0.717) is 0 Å². The summed E-state index contributed by atoms with van der Waals surface area (Å²) in [5.74, 6) is 0.288. The molecule has 260 valence electrons. The van der Waals surface area contributed by atoms with Crippen LogP contribution in [0.2, 0.25) is 0 Å². The van der Waals surface area contributed by atoms with Crippen molar-refractivity contribution in [2.45, 2.75) is 141 Å². The van der Waals surface area contributed by atoms with Gasteiger partial charge in [0.25, 0.3) is 0 Å². The van der Waals surface area contributed by atoms with Gasteiger partial charge in [0.15, 0.2) is 0 Å². The van der Waals surface area contributed by atoms with Gasteiger partial charge in [0.2, 0.25) is 0 Å². The van der Waals surface area contributed by atoms with Crippen LogP contribution in [0.15, 0.2) is 72.9 Å². The summed E-state index contributed by atoms with van der Waals surface area (Å²) < 4.78 is 23.2. The predicted octanol–water partition coefficient (Wildman–Crippen LogP) is 13.0. The molecule has 0 heterocycles. The van der Waals surface area contributed by atoms with Crippen LogP contribution in [0.3, 0.4) is 0 Å². The lowest BCUT2D eigenvalue weighted by Gasteiger charge is -2.58. The standard InChI is InChI=1S/C42H69O3P/c1-34(2,3)31-25-19-22-28-40(31,37(10,11)12)43-46(44-41(38(13,14)15)29-23-20-26-32(41)35(4,5)6)45-42(39(16,17)18)30-24-21-27-33(42)36(7,8)9/h19-33H,1-18H3. The highest BCUT2D eigenvalue weighted by molar-refractivity contribution is 7.41. The van der Waals surface area contributed by atoms with E-state index in [4.69, 9.17) is 13.6 Å². The molecular formula is C42H69O3P. The molecule has 4 heteroatoms. The molecule has 3 aliphatic rings. The van der Waals surface area contributed by atoms with E-state index in [0.717, 1.165) is 0 Å². The van der Waals surface area contributed by atoms with E-state index in [-0.39, 0.29) is 50.2 Å². The molecule has 3 aliphatic carbocycles. The molecule has 0 fully saturated rings. The normalized spacial score (nSPS) is 33.1. The summed E-state index contributed by atoms with van der Waals surface area (Å²) in [5, 5.41) is 0. The third kappa shape index (κ3) is 7.34. The van der Waals surface area contributed by atoms with Gasteiger partial charge in [-0.1, -0.05) is 198 Å². The van der Waals surface area contributed by atoms with Crippen molar-refractivity contribution in [3.63, 3.8) is 0 Å². The Labute approximate surface area is 286 Å². The fourth-order valence-electron chi connectivity index (χ4n) is 7.90. The Balaban J connectivity index is 2.38. The molecule has 0 saturated carbocycles. The maximum atomic E-state index is 7.72. The van der Waals surface area contributed by atoms with Gasteiger partial charge < -0.3 is 13.6 Å². The maximum absolute atomic E-state index is 7.72. The van der Waals surface area contributed by atoms with Crippen LogP contribution in [-0.4, -0.2) is 16.8 Å². The zero-order valence-electron chi connectivity index (χ0n) is 32.8. The van der Waals surface area contributed by atoms with E-state index in [1.165, 1.54) is 0 Å².